The van der Waals surface area contributed by atoms with Gasteiger partial charge in [-0.25, -0.2) is 4.98 Å². The summed E-state index contributed by atoms with van der Waals surface area (Å²) in [6, 6.07) is 7.38. The van der Waals surface area contributed by atoms with Gasteiger partial charge in [-0.1, -0.05) is 42.6 Å². The van der Waals surface area contributed by atoms with Gasteiger partial charge in [0.2, 0.25) is 17.7 Å². The van der Waals surface area contributed by atoms with Crippen molar-refractivity contribution in [2.75, 3.05) is 11.9 Å². The number of fused-ring (bicyclic) bond motifs is 1. The van der Waals surface area contributed by atoms with Crippen molar-refractivity contribution in [3.63, 3.8) is 0 Å². The van der Waals surface area contributed by atoms with E-state index in [1.807, 2.05) is 23.6 Å². The number of amides is 3. The van der Waals surface area contributed by atoms with E-state index in [0.717, 1.165) is 31.2 Å². The Balaban J connectivity index is 1.35. The quantitative estimate of drug-likeness (QED) is 0.746. The summed E-state index contributed by atoms with van der Waals surface area (Å²) in [5.41, 5.74) is 1.50. The van der Waals surface area contributed by atoms with E-state index in [0.29, 0.717) is 15.8 Å². The zero-order valence-corrected chi connectivity index (χ0v) is 16.8. The van der Waals surface area contributed by atoms with Crippen molar-refractivity contribution in [2.45, 2.75) is 32.1 Å². The number of aromatic nitrogens is 1. The summed E-state index contributed by atoms with van der Waals surface area (Å²) in [4.78, 5) is 42.9. The highest BCUT2D eigenvalue weighted by atomic mass is 35.5. The van der Waals surface area contributed by atoms with Crippen LogP contribution in [0.15, 0.2) is 29.6 Å². The fourth-order valence-corrected chi connectivity index (χ4v) is 4.93. The van der Waals surface area contributed by atoms with Gasteiger partial charge in [0.1, 0.15) is 0 Å². The molecule has 2 heterocycles. The number of nitrogens with one attached hydrogen (secondary N) is 1. The topological polar surface area (TPSA) is 79.4 Å². The number of thiazole rings is 1. The average molecular weight is 418 g/mol. The number of hydrogen-bond acceptors (Lipinski definition) is 5. The van der Waals surface area contributed by atoms with Gasteiger partial charge in [-0.2, -0.15) is 0 Å². The highest BCUT2D eigenvalue weighted by Gasteiger charge is 2.47. The molecule has 0 radical (unpaired) electrons. The molecule has 2 atom stereocenters. The lowest BCUT2D eigenvalue weighted by Crippen LogP contribution is -2.34. The number of carbonyl (C=O) groups excluding carboxylic acids is 3. The van der Waals surface area contributed by atoms with E-state index in [-0.39, 0.29) is 42.5 Å². The molecule has 1 saturated carbocycles. The SMILES string of the molecule is O=C(CCN1C(=O)[C@@H]2CCCC[C@H]2C1=O)Nc1nc(-c2ccccc2Cl)cs1. The van der Waals surface area contributed by atoms with Crippen LogP contribution in [0.25, 0.3) is 11.3 Å². The molecule has 1 aliphatic heterocycles. The van der Waals surface area contributed by atoms with Crippen LogP contribution in [0.3, 0.4) is 0 Å². The van der Waals surface area contributed by atoms with Crippen LogP contribution in [-0.4, -0.2) is 34.2 Å². The molecule has 2 fully saturated rings. The van der Waals surface area contributed by atoms with E-state index in [9.17, 15) is 14.4 Å². The average Bonchev–Trinajstić information content (AvgIpc) is 3.24. The van der Waals surface area contributed by atoms with Gasteiger partial charge in [-0.15, -0.1) is 11.3 Å². The summed E-state index contributed by atoms with van der Waals surface area (Å²) in [6.07, 6.45) is 3.61. The lowest BCUT2D eigenvalue weighted by atomic mass is 9.81. The molecule has 4 rings (SSSR count). The van der Waals surface area contributed by atoms with Gasteiger partial charge in [0, 0.05) is 28.9 Å². The molecule has 0 bridgehead atoms. The predicted octanol–water partition coefficient (Wildman–Crippen LogP) is 3.97. The van der Waals surface area contributed by atoms with Crippen LogP contribution in [0, 0.1) is 11.8 Å². The summed E-state index contributed by atoms with van der Waals surface area (Å²) >= 11 is 7.49. The first-order valence-electron chi connectivity index (χ1n) is 9.40. The standard InChI is InChI=1S/C20H20ClN3O3S/c21-15-8-4-3-7-14(15)16-11-28-20(22-16)23-17(25)9-10-24-18(26)12-5-1-2-6-13(12)19(24)27/h3-4,7-8,11-13H,1-2,5-6,9-10H2,(H,22,23,25)/t12-,13-/m1/s1. The van der Waals surface area contributed by atoms with Crippen LogP contribution < -0.4 is 5.32 Å². The number of imide groups is 1. The number of hydrogen-bond donors (Lipinski definition) is 1. The molecule has 28 heavy (non-hydrogen) atoms. The number of rotatable bonds is 5. The highest BCUT2D eigenvalue weighted by Crippen LogP contribution is 2.38. The van der Waals surface area contributed by atoms with Crippen molar-refractivity contribution in [2.24, 2.45) is 11.8 Å². The van der Waals surface area contributed by atoms with E-state index >= 15 is 0 Å². The summed E-state index contributed by atoms with van der Waals surface area (Å²) in [7, 11) is 0. The van der Waals surface area contributed by atoms with Gasteiger partial charge in [0.15, 0.2) is 5.13 Å². The Kier molecular flexibility index (Phi) is 5.46. The molecule has 2 aliphatic rings. The van der Waals surface area contributed by atoms with Crippen molar-refractivity contribution in [1.29, 1.82) is 0 Å². The van der Waals surface area contributed by atoms with Crippen LogP contribution >= 0.6 is 22.9 Å². The molecular weight excluding hydrogens is 398 g/mol. The monoisotopic (exact) mass is 417 g/mol. The second-order valence-electron chi connectivity index (χ2n) is 7.14. The number of nitrogens with zero attached hydrogens (tertiary/aromatic N) is 2. The third-order valence-electron chi connectivity index (χ3n) is 5.40. The Labute approximate surface area is 171 Å². The molecule has 3 amide bonds. The van der Waals surface area contributed by atoms with Gasteiger partial charge >= 0.3 is 0 Å². The molecule has 8 heteroatoms. The number of carbonyl (C=O) groups is 3. The first-order chi connectivity index (χ1) is 13.5. The van der Waals surface area contributed by atoms with E-state index in [4.69, 9.17) is 11.6 Å². The maximum Gasteiger partial charge on any atom is 0.233 e. The fourth-order valence-electron chi connectivity index (χ4n) is 3.97. The smallest absolute Gasteiger partial charge is 0.233 e. The minimum absolute atomic E-state index is 0.0674. The number of halogens is 1. The molecule has 1 N–H and O–H groups in total. The van der Waals surface area contributed by atoms with Gasteiger partial charge in [-0.05, 0) is 18.9 Å². The fraction of sp³-hybridized carbons (Fsp3) is 0.400. The molecule has 146 valence electrons. The van der Waals surface area contributed by atoms with E-state index in [1.165, 1.54) is 16.2 Å². The minimum atomic E-state index is -0.268. The van der Waals surface area contributed by atoms with Crippen LogP contribution in [0.4, 0.5) is 5.13 Å². The molecule has 0 unspecified atom stereocenters. The largest absolute Gasteiger partial charge is 0.302 e. The first kappa shape index (κ1) is 19.1. The van der Waals surface area contributed by atoms with Crippen LogP contribution in [-0.2, 0) is 14.4 Å². The normalized spacial score (nSPS) is 21.7. The van der Waals surface area contributed by atoms with Crippen molar-refractivity contribution >= 4 is 45.8 Å². The van der Waals surface area contributed by atoms with Gasteiger partial charge < -0.3 is 5.32 Å². The van der Waals surface area contributed by atoms with Crippen molar-refractivity contribution in [3.05, 3.63) is 34.7 Å². The maximum absolute atomic E-state index is 12.5. The minimum Gasteiger partial charge on any atom is -0.302 e. The van der Waals surface area contributed by atoms with Crippen molar-refractivity contribution in [1.82, 2.24) is 9.88 Å². The molecule has 1 saturated heterocycles. The van der Waals surface area contributed by atoms with Gasteiger partial charge in [0.25, 0.3) is 0 Å². The third kappa shape index (κ3) is 3.69. The van der Waals surface area contributed by atoms with Crippen molar-refractivity contribution in [3.8, 4) is 11.3 Å². The Hall–Kier alpha value is -2.25. The molecule has 0 spiro atoms. The maximum atomic E-state index is 12.5. The summed E-state index contributed by atoms with van der Waals surface area (Å²) in [6.45, 7) is 0.124. The zero-order chi connectivity index (χ0) is 19.7. The Morgan fingerprint density at radius 3 is 2.54 bits per heavy atom. The molecule has 2 aromatic rings. The van der Waals surface area contributed by atoms with E-state index < -0.39 is 0 Å². The van der Waals surface area contributed by atoms with Gasteiger partial charge in [0.05, 0.1) is 17.5 Å². The third-order valence-corrected chi connectivity index (χ3v) is 6.48. The first-order valence-corrected chi connectivity index (χ1v) is 10.7. The predicted molar refractivity (Wildman–Crippen MR) is 108 cm³/mol. The molecule has 1 aromatic heterocycles. The number of anilines is 1. The van der Waals surface area contributed by atoms with E-state index in [1.54, 1.807) is 6.07 Å². The highest BCUT2D eigenvalue weighted by molar-refractivity contribution is 7.14. The summed E-state index contributed by atoms with van der Waals surface area (Å²) < 4.78 is 0. The molecule has 6 nitrogen and oxygen atoms in total. The Bertz CT molecular complexity index is 905. The zero-order valence-electron chi connectivity index (χ0n) is 15.2. The lowest BCUT2D eigenvalue weighted by Gasteiger charge is -2.19. The summed E-state index contributed by atoms with van der Waals surface area (Å²) in [5, 5.41) is 5.63. The van der Waals surface area contributed by atoms with Crippen LogP contribution in [0.1, 0.15) is 32.1 Å². The van der Waals surface area contributed by atoms with Gasteiger partial charge in [-0.3, -0.25) is 19.3 Å². The Morgan fingerprint density at radius 2 is 1.86 bits per heavy atom. The molecular formula is C20H20ClN3O3S. The molecule has 1 aromatic carbocycles. The Morgan fingerprint density at radius 1 is 1.18 bits per heavy atom. The van der Waals surface area contributed by atoms with Crippen molar-refractivity contribution < 1.29 is 14.4 Å². The number of benzene rings is 1. The second kappa shape index (κ2) is 8.01. The second-order valence-corrected chi connectivity index (χ2v) is 8.41. The van der Waals surface area contributed by atoms with Crippen LogP contribution in [0.5, 0.6) is 0 Å². The summed E-state index contributed by atoms with van der Waals surface area (Å²) in [5.74, 6) is -0.853. The molecule has 1 aliphatic carbocycles. The number of likely N-dealkylation sites (tertiary alicyclic amines) is 1. The lowest BCUT2D eigenvalue weighted by molar-refractivity contribution is -0.140. The van der Waals surface area contributed by atoms with E-state index in [2.05, 4.69) is 10.3 Å². The van der Waals surface area contributed by atoms with Crippen LogP contribution in [0.2, 0.25) is 5.02 Å².